The normalized spacial score (nSPS) is 10.4. The number of hydrogen-bond donors (Lipinski definition) is 0. The standard InChI is InChI=1S/C13H11BrFNOS/c1-16(7-9-4-5-18-8-9)13(17)10-2-3-12(15)11(14)6-10/h2-6,8H,7H2,1H3. The number of thiophene rings is 1. The van der Waals surface area contributed by atoms with E-state index in [1.165, 1.54) is 18.2 Å². The Balaban J connectivity index is 2.12. The zero-order valence-corrected chi connectivity index (χ0v) is 12.1. The van der Waals surface area contributed by atoms with Crippen molar-refractivity contribution in [1.29, 1.82) is 0 Å². The van der Waals surface area contributed by atoms with Crippen LogP contribution in [0.3, 0.4) is 0 Å². The summed E-state index contributed by atoms with van der Waals surface area (Å²) < 4.78 is 13.4. The van der Waals surface area contributed by atoms with E-state index in [2.05, 4.69) is 15.9 Å². The molecule has 2 aromatic rings. The molecule has 94 valence electrons. The number of nitrogens with zero attached hydrogens (tertiary/aromatic N) is 1. The number of amides is 1. The number of carbonyl (C=O) groups excluding carboxylic acids is 1. The highest BCUT2D eigenvalue weighted by atomic mass is 79.9. The molecular formula is C13H11BrFNOS. The Bertz CT molecular complexity index is 556. The Morgan fingerprint density at radius 1 is 1.44 bits per heavy atom. The van der Waals surface area contributed by atoms with Crippen LogP contribution in [0.4, 0.5) is 4.39 Å². The van der Waals surface area contributed by atoms with Gasteiger partial charge in [0.1, 0.15) is 5.82 Å². The van der Waals surface area contributed by atoms with Crippen LogP contribution in [0.15, 0.2) is 39.5 Å². The van der Waals surface area contributed by atoms with Gasteiger partial charge in [-0.05, 0) is 56.5 Å². The fourth-order valence-electron chi connectivity index (χ4n) is 1.58. The number of rotatable bonds is 3. The van der Waals surface area contributed by atoms with E-state index in [0.29, 0.717) is 16.6 Å². The third-order valence-electron chi connectivity index (χ3n) is 2.51. The highest BCUT2D eigenvalue weighted by molar-refractivity contribution is 9.10. The Morgan fingerprint density at radius 3 is 2.83 bits per heavy atom. The molecule has 0 aliphatic heterocycles. The van der Waals surface area contributed by atoms with Crippen molar-refractivity contribution in [3.05, 3.63) is 56.4 Å². The maximum Gasteiger partial charge on any atom is 0.253 e. The van der Waals surface area contributed by atoms with E-state index in [1.807, 2.05) is 16.8 Å². The highest BCUT2D eigenvalue weighted by Gasteiger charge is 2.13. The second kappa shape index (κ2) is 5.63. The molecule has 0 aliphatic rings. The van der Waals surface area contributed by atoms with Crippen molar-refractivity contribution in [3.8, 4) is 0 Å². The van der Waals surface area contributed by atoms with Crippen LogP contribution in [-0.2, 0) is 6.54 Å². The Kier molecular flexibility index (Phi) is 4.14. The molecule has 0 aliphatic carbocycles. The van der Waals surface area contributed by atoms with E-state index < -0.39 is 0 Å². The third-order valence-corrected chi connectivity index (χ3v) is 3.85. The van der Waals surface area contributed by atoms with Crippen LogP contribution >= 0.6 is 27.3 Å². The van der Waals surface area contributed by atoms with Gasteiger partial charge < -0.3 is 4.90 Å². The van der Waals surface area contributed by atoms with Crippen molar-refractivity contribution >= 4 is 33.2 Å². The molecule has 0 spiro atoms. The molecule has 0 unspecified atom stereocenters. The summed E-state index contributed by atoms with van der Waals surface area (Å²) in [6.07, 6.45) is 0. The van der Waals surface area contributed by atoms with Gasteiger partial charge in [-0.2, -0.15) is 11.3 Å². The van der Waals surface area contributed by atoms with E-state index in [4.69, 9.17) is 0 Å². The summed E-state index contributed by atoms with van der Waals surface area (Å²) >= 11 is 4.68. The second-order valence-electron chi connectivity index (χ2n) is 3.92. The van der Waals surface area contributed by atoms with E-state index in [-0.39, 0.29) is 11.7 Å². The van der Waals surface area contributed by atoms with Crippen LogP contribution in [0.1, 0.15) is 15.9 Å². The molecule has 0 bridgehead atoms. The van der Waals surface area contributed by atoms with Crippen molar-refractivity contribution in [1.82, 2.24) is 4.90 Å². The summed E-state index contributed by atoms with van der Waals surface area (Å²) in [5.41, 5.74) is 1.57. The first-order valence-corrected chi connectivity index (χ1v) is 7.03. The molecule has 0 N–H and O–H groups in total. The van der Waals surface area contributed by atoms with Gasteiger partial charge in [-0.1, -0.05) is 0 Å². The average Bonchev–Trinajstić information content (AvgIpc) is 2.84. The highest BCUT2D eigenvalue weighted by Crippen LogP contribution is 2.18. The van der Waals surface area contributed by atoms with Crippen LogP contribution in [0.2, 0.25) is 0 Å². The largest absolute Gasteiger partial charge is 0.337 e. The molecule has 1 heterocycles. The molecule has 0 radical (unpaired) electrons. The summed E-state index contributed by atoms with van der Waals surface area (Å²) in [7, 11) is 1.73. The summed E-state index contributed by atoms with van der Waals surface area (Å²) in [4.78, 5) is 13.7. The Hall–Kier alpha value is -1.20. The molecule has 0 atom stereocenters. The van der Waals surface area contributed by atoms with Crippen LogP contribution in [0, 0.1) is 5.82 Å². The van der Waals surface area contributed by atoms with E-state index in [1.54, 1.807) is 23.3 Å². The molecule has 0 fully saturated rings. The minimum atomic E-state index is -0.368. The number of benzene rings is 1. The fourth-order valence-corrected chi connectivity index (χ4v) is 2.62. The topological polar surface area (TPSA) is 20.3 Å². The quantitative estimate of drug-likeness (QED) is 0.836. The van der Waals surface area contributed by atoms with Gasteiger partial charge in [-0.3, -0.25) is 4.79 Å². The molecule has 2 rings (SSSR count). The SMILES string of the molecule is CN(Cc1ccsc1)C(=O)c1ccc(F)c(Br)c1. The Labute approximate surface area is 117 Å². The molecule has 1 amide bonds. The van der Waals surface area contributed by atoms with Crippen molar-refractivity contribution < 1.29 is 9.18 Å². The zero-order valence-electron chi connectivity index (χ0n) is 9.69. The molecule has 0 saturated heterocycles. The maximum absolute atomic E-state index is 13.1. The number of halogens is 2. The fraction of sp³-hybridized carbons (Fsp3) is 0.154. The number of hydrogen-bond acceptors (Lipinski definition) is 2. The molecule has 2 nitrogen and oxygen atoms in total. The van der Waals surface area contributed by atoms with Gasteiger partial charge in [0.25, 0.3) is 5.91 Å². The summed E-state index contributed by atoms with van der Waals surface area (Å²) in [5.74, 6) is -0.492. The lowest BCUT2D eigenvalue weighted by atomic mass is 10.2. The lowest BCUT2D eigenvalue weighted by molar-refractivity contribution is 0.0785. The van der Waals surface area contributed by atoms with Crippen LogP contribution in [-0.4, -0.2) is 17.9 Å². The van der Waals surface area contributed by atoms with Gasteiger partial charge in [0.15, 0.2) is 0 Å². The predicted molar refractivity (Wildman–Crippen MR) is 74.2 cm³/mol. The minimum absolute atomic E-state index is 0.123. The molecule has 18 heavy (non-hydrogen) atoms. The zero-order chi connectivity index (χ0) is 13.1. The molecule has 1 aromatic carbocycles. The van der Waals surface area contributed by atoms with Gasteiger partial charge >= 0.3 is 0 Å². The van der Waals surface area contributed by atoms with Gasteiger partial charge in [0.2, 0.25) is 0 Å². The summed E-state index contributed by atoms with van der Waals surface area (Å²) in [6, 6.07) is 6.26. The van der Waals surface area contributed by atoms with Gasteiger partial charge in [0.05, 0.1) is 4.47 Å². The molecule has 0 saturated carbocycles. The first-order valence-electron chi connectivity index (χ1n) is 5.29. The predicted octanol–water partition coefficient (Wildman–Crippen LogP) is 3.92. The summed E-state index contributed by atoms with van der Waals surface area (Å²) in [5, 5.41) is 3.98. The molecule has 5 heteroatoms. The Morgan fingerprint density at radius 2 is 2.22 bits per heavy atom. The van der Waals surface area contributed by atoms with Gasteiger partial charge in [0, 0.05) is 19.2 Å². The monoisotopic (exact) mass is 327 g/mol. The average molecular weight is 328 g/mol. The third kappa shape index (κ3) is 2.97. The first-order chi connectivity index (χ1) is 8.58. The van der Waals surface area contributed by atoms with Crippen LogP contribution in [0.5, 0.6) is 0 Å². The van der Waals surface area contributed by atoms with E-state index in [9.17, 15) is 9.18 Å². The van der Waals surface area contributed by atoms with Crippen molar-refractivity contribution in [2.24, 2.45) is 0 Å². The summed E-state index contributed by atoms with van der Waals surface area (Å²) in [6.45, 7) is 0.553. The lowest BCUT2D eigenvalue weighted by Crippen LogP contribution is -2.26. The van der Waals surface area contributed by atoms with Crippen molar-refractivity contribution in [2.45, 2.75) is 6.54 Å². The van der Waals surface area contributed by atoms with Crippen molar-refractivity contribution in [2.75, 3.05) is 7.05 Å². The molecular weight excluding hydrogens is 317 g/mol. The molecule has 1 aromatic heterocycles. The minimum Gasteiger partial charge on any atom is -0.337 e. The first kappa shape index (κ1) is 13.2. The number of carbonyl (C=O) groups is 1. The second-order valence-corrected chi connectivity index (χ2v) is 5.56. The smallest absolute Gasteiger partial charge is 0.253 e. The van der Waals surface area contributed by atoms with E-state index >= 15 is 0 Å². The van der Waals surface area contributed by atoms with Crippen molar-refractivity contribution in [3.63, 3.8) is 0 Å². The maximum atomic E-state index is 13.1. The van der Waals surface area contributed by atoms with Crippen LogP contribution in [0.25, 0.3) is 0 Å². The van der Waals surface area contributed by atoms with Gasteiger partial charge in [-0.15, -0.1) is 0 Å². The van der Waals surface area contributed by atoms with Gasteiger partial charge in [-0.25, -0.2) is 4.39 Å². The van der Waals surface area contributed by atoms with Crippen LogP contribution < -0.4 is 0 Å². The lowest BCUT2D eigenvalue weighted by Gasteiger charge is -2.16. The van der Waals surface area contributed by atoms with E-state index in [0.717, 1.165) is 5.56 Å².